The van der Waals surface area contributed by atoms with Gasteiger partial charge in [0.05, 0.1) is 5.92 Å². The van der Waals surface area contributed by atoms with Crippen LogP contribution in [0, 0.1) is 11.8 Å². The number of hydrogen-bond donors (Lipinski definition) is 2. The van der Waals surface area contributed by atoms with Crippen molar-refractivity contribution in [2.45, 2.75) is 71.6 Å². The Labute approximate surface area is 116 Å². The number of hydrogen-bond acceptors (Lipinski definition) is 2. The van der Waals surface area contributed by atoms with Crippen molar-refractivity contribution >= 4 is 11.9 Å². The van der Waals surface area contributed by atoms with Crippen LogP contribution in [-0.4, -0.2) is 22.2 Å². The number of aliphatic carboxylic acids is 2. The number of carboxylic acids is 2. The Morgan fingerprint density at radius 2 is 1.63 bits per heavy atom. The maximum Gasteiger partial charge on any atom is 0.306 e. The average molecular weight is 272 g/mol. The maximum atomic E-state index is 11.2. The van der Waals surface area contributed by atoms with E-state index in [2.05, 4.69) is 6.92 Å². The first-order chi connectivity index (χ1) is 9.01. The van der Waals surface area contributed by atoms with Gasteiger partial charge in [0.1, 0.15) is 0 Å². The molecule has 0 aromatic rings. The molecule has 0 heterocycles. The summed E-state index contributed by atoms with van der Waals surface area (Å²) in [6, 6.07) is 0. The van der Waals surface area contributed by atoms with E-state index in [0.717, 1.165) is 38.5 Å². The molecule has 0 aromatic carbocycles. The zero-order chi connectivity index (χ0) is 14.7. The second-order valence-electron chi connectivity index (χ2n) is 5.37. The van der Waals surface area contributed by atoms with Gasteiger partial charge in [-0.05, 0) is 18.8 Å². The summed E-state index contributed by atoms with van der Waals surface area (Å²) in [7, 11) is 0. The predicted octanol–water partition coefficient (Wildman–Crippen LogP) is 3.94. The van der Waals surface area contributed by atoms with Gasteiger partial charge in [-0.15, -0.1) is 0 Å². The molecule has 0 aliphatic carbocycles. The molecule has 0 fully saturated rings. The highest BCUT2D eigenvalue weighted by Crippen LogP contribution is 2.25. The van der Waals surface area contributed by atoms with Gasteiger partial charge in [-0.25, -0.2) is 0 Å². The normalized spacial score (nSPS) is 14.0. The van der Waals surface area contributed by atoms with Crippen LogP contribution >= 0.6 is 0 Å². The lowest BCUT2D eigenvalue weighted by Gasteiger charge is -2.19. The largest absolute Gasteiger partial charge is 0.481 e. The van der Waals surface area contributed by atoms with Crippen LogP contribution < -0.4 is 0 Å². The fourth-order valence-corrected chi connectivity index (χ4v) is 2.52. The molecule has 0 rings (SSSR count). The molecule has 0 saturated carbocycles. The van der Waals surface area contributed by atoms with Crippen LogP contribution in [0.25, 0.3) is 0 Å². The highest BCUT2D eigenvalue weighted by molar-refractivity contribution is 5.70. The van der Waals surface area contributed by atoms with Gasteiger partial charge in [-0.3, -0.25) is 9.59 Å². The Morgan fingerprint density at radius 1 is 0.947 bits per heavy atom. The molecule has 0 aromatic heterocycles. The summed E-state index contributed by atoms with van der Waals surface area (Å²) in [4.78, 5) is 22.0. The molecular weight excluding hydrogens is 244 g/mol. The van der Waals surface area contributed by atoms with Crippen LogP contribution in [0.5, 0.6) is 0 Å². The monoisotopic (exact) mass is 272 g/mol. The molecule has 0 spiro atoms. The van der Waals surface area contributed by atoms with Gasteiger partial charge in [-0.2, -0.15) is 0 Å². The lowest BCUT2D eigenvalue weighted by molar-refractivity contribution is -0.144. The maximum absolute atomic E-state index is 11.2. The molecule has 112 valence electrons. The van der Waals surface area contributed by atoms with Crippen molar-refractivity contribution in [3.05, 3.63) is 0 Å². The molecule has 0 bridgehead atoms. The third-order valence-corrected chi connectivity index (χ3v) is 3.53. The summed E-state index contributed by atoms with van der Waals surface area (Å²) in [6.07, 6.45) is 7.23. The number of unbranched alkanes of at least 4 members (excludes halogenated alkanes) is 3. The minimum atomic E-state index is -0.825. The molecule has 2 N–H and O–H groups in total. The van der Waals surface area contributed by atoms with E-state index in [0.29, 0.717) is 12.8 Å². The molecular formula is C15H28O4. The van der Waals surface area contributed by atoms with Gasteiger partial charge in [0.15, 0.2) is 0 Å². The molecule has 0 aliphatic heterocycles. The van der Waals surface area contributed by atoms with E-state index in [1.807, 2.05) is 6.92 Å². The van der Waals surface area contributed by atoms with Crippen molar-refractivity contribution < 1.29 is 19.8 Å². The van der Waals surface area contributed by atoms with Crippen LogP contribution in [0.3, 0.4) is 0 Å². The third-order valence-electron chi connectivity index (χ3n) is 3.53. The smallest absolute Gasteiger partial charge is 0.306 e. The second-order valence-corrected chi connectivity index (χ2v) is 5.37. The lowest BCUT2D eigenvalue weighted by Crippen LogP contribution is -2.20. The van der Waals surface area contributed by atoms with Gasteiger partial charge < -0.3 is 10.2 Å². The van der Waals surface area contributed by atoms with E-state index in [1.165, 1.54) is 0 Å². The molecule has 0 radical (unpaired) electrons. The fourth-order valence-electron chi connectivity index (χ4n) is 2.52. The molecule has 4 nitrogen and oxygen atoms in total. The van der Waals surface area contributed by atoms with E-state index in [1.54, 1.807) is 0 Å². The lowest BCUT2D eigenvalue weighted by atomic mass is 9.86. The Hall–Kier alpha value is -1.06. The average Bonchev–Trinajstić information content (AvgIpc) is 2.32. The molecule has 2 atom stereocenters. The zero-order valence-corrected chi connectivity index (χ0v) is 12.2. The summed E-state index contributed by atoms with van der Waals surface area (Å²) >= 11 is 0. The molecule has 0 aliphatic rings. The Balaban J connectivity index is 4.26. The number of rotatable bonds is 12. The fraction of sp³-hybridized carbons (Fsp3) is 0.867. The first-order valence-electron chi connectivity index (χ1n) is 7.45. The summed E-state index contributed by atoms with van der Waals surface area (Å²) < 4.78 is 0. The Morgan fingerprint density at radius 3 is 2.11 bits per heavy atom. The van der Waals surface area contributed by atoms with Crippen LogP contribution in [0.1, 0.15) is 71.6 Å². The van der Waals surface area contributed by atoms with Crippen LogP contribution in [0.4, 0.5) is 0 Å². The van der Waals surface area contributed by atoms with Gasteiger partial charge >= 0.3 is 11.9 Å². The minimum Gasteiger partial charge on any atom is -0.481 e. The Kier molecular flexibility index (Phi) is 10.2. The van der Waals surface area contributed by atoms with E-state index < -0.39 is 11.9 Å². The highest BCUT2D eigenvalue weighted by Gasteiger charge is 2.23. The molecule has 4 heteroatoms. The molecule has 0 amide bonds. The van der Waals surface area contributed by atoms with Crippen molar-refractivity contribution in [3.8, 4) is 0 Å². The molecule has 0 saturated heterocycles. The van der Waals surface area contributed by atoms with Crippen LogP contribution in [0.2, 0.25) is 0 Å². The highest BCUT2D eigenvalue weighted by atomic mass is 16.4. The van der Waals surface area contributed by atoms with Crippen LogP contribution in [-0.2, 0) is 9.59 Å². The van der Waals surface area contributed by atoms with E-state index in [4.69, 9.17) is 5.11 Å². The standard InChI is InChI=1S/C15H28O4/c1-3-5-6-7-9-13(15(18)19)10-12(8-4-2)11-14(16)17/h12-13H,3-11H2,1-2H3,(H,16,17)(H,18,19). The van der Waals surface area contributed by atoms with E-state index >= 15 is 0 Å². The van der Waals surface area contributed by atoms with Gasteiger partial charge in [0.2, 0.25) is 0 Å². The van der Waals surface area contributed by atoms with Gasteiger partial charge in [0, 0.05) is 6.42 Å². The van der Waals surface area contributed by atoms with Crippen molar-refractivity contribution in [1.29, 1.82) is 0 Å². The number of carboxylic acid groups (broad SMARTS) is 2. The number of carbonyl (C=O) groups is 2. The SMILES string of the molecule is CCCCCCC(CC(CCC)CC(=O)O)C(=O)O. The predicted molar refractivity (Wildman–Crippen MR) is 75.2 cm³/mol. The molecule has 2 unspecified atom stereocenters. The van der Waals surface area contributed by atoms with Crippen molar-refractivity contribution in [1.82, 2.24) is 0 Å². The summed E-state index contributed by atoms with van der Waals surface area (Å²) in [5, 5.41) is 18.1. The van der Waals surface area contributed by atoms with Crippen molar-refractivity contribution in [2.75, 3.05) is 0 Å². The van der Waals surface area contributed by atoms with Crippen molar-refractivity contribution in [2.24, 2.45) is 11.8 Å². The first kappa shape index (κ1) is 17.9. The van der Waals surface area contributed by atoms with Gasteiger partial charge in [0.25, 0.3) is 0 Å². The summed E-state index contributed by atoms with van der Waals surface area (Å²) in [6.45, 7) is 4.13. The van der Waals surface area contributed by atoms with Crippen molar-refractivity contribution in [3.63, 3.8) is 0 Å². The topological polar surface area (TPSA) is 74.6 Å². The second kappa shape index (κ2) is 10.8. The Bertz CT molecular complexity index is 263. The first-order valence-corrected chi connectivity index (χ1v) is 7.45. The van der Waals surface area contributed by atoms with Gasteiger partial charge in [-0.1, -0.05) is 52.4 Å². The quantitative estimate of drug-likeness (QED) is 0.528. The minimum absolute atomic E-state index is 0.00484. The summed E-state index contributed by atoms with van der Waals surface area (Å²) in [5.74, 6) is -1.99. The zero-order valence-electron chi connectivity index (χ0n) is 12.2. The summed E-state index contributed by atoms with van der Waals surface area (Å²) in [5.41, 5.74) is 0. The third kappa shape index (κ3) is 9.51. The van der Waals surface area contributed by atoms with E-state index in [-0.39, 0.29) is 18.3 Å². The molecule has 19 heavy (non-hydrogen) atoms. The van der Waals surface area contributed by atoms with E-state index in [9.17, 15) is 14.7 Å². The van der Waals surface area contributed by atoms with Crippen LogP contribution in [0.15, 0.2) is 0 Å².